The first-order chi connectivity index (χ1) is 10.1. The molecule has 3 N–H and O–H groups in total. The standard InChI is InChI=1S/C17H26N2O2/c1-13(11-14-7-9-16(18)10-8-14)19-17(20)21-12-15-5-3-2-4-6-15/h2-6,13-14,16H,7-12,18H2,1H3,(H,19,20)/t13-,14?,16?/m0/s1. The third-order valence-corrected chi connectivity index (χ3v) is 4.16. The van der Waals surface area contributed by atoms with Gasteiger partial charge in [0.05, 0.1) is 0 Å². The molecule has 116 valence electrons. The van der Waals surface area contributed by atoms with E-state index in [1.807, 2.05) is 37.3 Å². The van der Waals surface area contributed by atoms with Gasteiger partial charge in [-0.15, -0.1) is 0 Å². The molecular formula is C17H26N2O2. The van der Waals surface area contributed by atoms with Crippen LogP contribution >= 0.6 is 0 Å². The second-order valence-electron chi connectivity index (χ2n) is 6.12. The molecule has 1 fully saturated rings. The normalized spacial score (nSPS) is 23.3. The second kappa shape index (κ2) is 8.03. The average molecular weight is 290 g/mol. The van der Waals surface area contributed by atoms with Crippen molar-refractivity contribution < 1.29 is 9.53 Å². The summed E-state index contributed by atoms with van der Waals surface area (Å²) < 4.78 is 5.23. The van der Waals surface area contributed by atoms with E-state index in [-0.39, 0.29) is 12.1 Å². The lowest BCUT2D eigenvalue weighted by atomic mass is 9.83. The van der Waals surface area contributed by atoms with Crippen LogP contribution in [-0.2, 0) is 11.3 Å². The summed E-state index contributed by atoms with van der Waals surface area (Å²) in [5.41, 5.74) is 6.92. The zero-order valence-electron chi connectivity index (χ0n) is 12.8. The second-order valence-corrected chi connectivity index (χ2v) is 6.12. The minimum Gasteiger partial charge on any atom is -0.445 e. The SMILES string of the molecule is C[C@@H](CC1CCC(N)CC1)NC(=O)OCc1ccccc1. The maximum Gasteiger partial charge on any atom is 0.407 e. The highest BCUT2D eigenvalue weighted by molar-refractivity contribution is 5.67. The molecule has 0 heterocycles. The summed E-state index contributed by atoms with van der Waals surface area (Å²) in [7, 11) is 0. The van der Waals surface area contributed by atoms with Gasteiger partial charge in [0.25, 0.3) is 0 Å². The molecule has 0 radical (unpaired) electrons. The fourth-order valence-corrected chi connectivity index (χ4v) is 2.95. The Morgan fingerprint density at radius 3 is 2.62 bits per heavy atom. The number of nitrogens with one attached hydrogen (secondary N) is 1. The van der Waals surface area contributed by atoms with Crippen molar-refractivity contribution in [2.45, 2.75) is 57.7 Å². The van der Waals surface area contributed by atoms with Crippen LogP contribution in [0, 0.1) is 5.92 Å². The van der Waals surface area contributed by atoms with Crippen LogP contribution in [0.3, 0.4) is 0 Å². The van der Waals surface area contributed by atoms with Crippen LogP contribution < -0.4 is 11.1 Å². The molecule has 21 heavy (non-hydrogen) atoms. The molecule has 2 rings (SSSR count). The van der Waals surface area contributed by atoms with Crippen molar-refractivity contribution in [2.75, 3.05) is 0 Å². The Labute approximate surface area is 127 Å². The summed E-state index contributed by atoms with van der Waals surface area (Å²) in [6.45, 7) is 2.36. The van der Waals surface area contributed by atoms with Crippen molar-refractivity contribution in [3.8, 4) is 0 Å². The van der Waals surface area contributed by atoms with Crippen LogP contribution in [-0.4, -0.2) is 18.2 Å². The summed E-state index contributed by atoms with van der Waals surface area (Å²) in [5.74, 6) is 0.675. The maximum absolute atomic E-state index is 11.8. The van der Waals surface area contributed by atoms with Gasteiger partial charge < -0.3 is 15.8 Å². The van der Waals surface area contributed by atoms with E-state index >= 15 is 0 Å². The number of ether oxygens (including phenoxy) is 1. The fraction of sp³-hybridized carbons (Fsp3) is 0.588. The molecule has 1 aliphatic rings. The summed E-state index contributed by atoms with van der Waals surface area (Å²) in [6, 6.07) is 10.2. The van der Waals surface area contributed by atoms with E-state index in [2.05, 4.69) is 5.32 Å². The van der Waals surface area contributed by atoms with Crippen molar-refractivity contribution in [1.82, 2.24) is 5.32 Å². The molecule has 0 aromatic heterocycles. The molecule has 0 bridgehead atoms. The first kappa shape index (κ1) is 15.8. The van der Waals surface area contributed by atoms with Gasteiger partial charge in [-0.2, -0.15) is 0 Å². The lowest BCUT2D eigenvalue weighted by Gasteiger charge is -2.28. The Bertz CT molecular complexity index is 428. The van der Waals surface area contributed by atoms with Crippen molar-refractivity contribution in [2.24, 2.45) is 11.7 Å². The third-order valence-electron chi connectivity index (χ3n) is 4.16. The van der Waals surface area contributed by atoms with Gasteiger partial charge in [0.1, 0.15) is 6.61 Å². The highest BCUT2D eigenvalue weighted by atomic mass is 16.5. The highest BCUT2D eigenvalue weighted by Gasteiger charge is 2.21. The van der Waals surface area contributed by atoms with Gasteiger partial charge in [-0.25, -0.2) is 4.79 Å². The number of carbonyl (C=O) groups excluding carboxylic acids is 1. The van der Waals surface area contributed by atoms with Crippen LogP contribution in [0.25, 0.3) is 0 Å². The first-order valence-electron chi connectivity index (χ1n) is 7.86. The molecule has 4 nitrogen and oxygen atoms in total. The molecule has 0 unspecified atom stereocenters. The van der Waals surface area contributed by atoms with Gasteiger partial charge >= 0.3 is 6.09 Å². The number of nitrogens with two attached hydrogens (primary N) is 1. The lowest BCUT2D eigenvalue weighted by molar-refractivity contribution is 0.134. The third kappa shape index (κ3) is 5.76. The summed E-state index contributed by atoms with van der Waals surface area (Å²) in [5, 5.41) is 2.92. The number of alkyl carbamates (subject to hydrolysis) is 1. The number of benzene rings is 1. The predicted molar refractivity (Wildman–Crippen MR) is 83.8 cm³/mol. The Hall–Kier alpha value is -1.55. The number of hydrogen-bond acceptors (Lipinski definition) is 3. The maximum atomic E-state index is 11.8. The number of rotatable bonds is 5. The van der Waals surface area contributed by atoms with Crippen molar-refractivity contribution in [1.29, 1.82) is 0 Å². The molecule has 0 saturated heterocycles. The van der Waals surface area contributed by atoms with Crippen LogP contribution in [0.5, 0.6) is 0 Å². The topological polar surface area (TPSA) is 64.3 Å². The Morgan fingerprint density at radius 1 is 1.29 bits per heavy atom. The van der Waals surface area contributed by atoms with E-state index in [1.165, 1.54) is 12.8 Å². The van der Waals surface area contributed by atoms with Crippen LogP contribution in [0.15, 0.2) is 30.3 Å². The van der Waals surface area contributed by atoms with Gasteiger partial charge in [-0.1, -0.05) is 30.3 Å². The fourth-order valence-electron chi connectivity index (χ4n) is 2.95. The minimum atomic E-state index is -0.334. The van der Waals surface area contributed by atoms with E-state index in [4.69, 9.17) is 10.5 Å². The van der Waals surface area contributed by atoms with Gasteiger partial charge in [-0.05, 0) is 50.5 Å². The molecule has 1 aromatic carbocycles. The Kier molecular flexibility index (Phi) is 6.05. The van der Waals surface area contributed by atoms with Gasteiger partial charge in [0, 0.05) is 12.1 Å². The van der Waals surface area contributed by atoms with Crippen molar-refractivity contribution in [3.05, 3.63) is 35.9 Å². The highest BCUT2D eigenvalue weighted by Crippen LogP contribution is 2.26. The molecule has 1 aromatic rings. The number of carbonyl (C=O) groups is 1. The smallest absolute Gasteiger partial charge is 0.407 e. The minimum absolute atomic E-state index is 0.146. The molecule has 0 aliphatic heterocycles. The van der Waals surface area contributed by atoms with Crippen LogP contribution in [0.4, 0.5) is 4.79 Å². The van der Waals surface area contributed by atoms with Gasteiger partial charge in [0.2, 0.25) is 0 Å². The van der Waals surface area contributed by atoms with Crippen molar-refractivity contribution in [3.63, 3.8) is 0 Å². The molecular weight excluding hydrogens is 264 g/mol. The van der Waals surface area contributed by atoms with E-state index in [0.717, 1.165) is 24.8 Å². The zero-order valence-corrected chi connectivity index (χ0v) is 12.8. The monoisotopic (exact) mass is 290 g/mol. The molecule has 4 heteroatoms. The zero-order chi connectivity index (χ0) is 15.1. The average Bonchev–Trinajstić information content (AvgIpc) is 2.48. The first-order valence-corrected chi connectivity index (χ1v) is 7.86. The van der Waals surface area contributed by atoms with E-state index in [1.54, 1.807) is 0 Å². The molecule has 1 amide bonds. The van der Waals surface area contributed by atoms with Crippen LogP contribution in [0.2, 0.25) is 0 Å². The Morgan fingerprint density at radius 2 is 1.95 bits per heavy atom. The largest absolute Gasteiger partial charge is 0.445 e. The molecule has 0 spiro atoms. The summed E-state index contributed by atoms with van der Waals surface area (Å²) in [4.78, 5) is 11.8. The predicted octanol–water partition coefficient (Wildman–Crippen LogP) is 3.21. The quantitative estimate of drug-likeness (QED) is 0.875. The Balaban J connectivity index is 1.65. The summed E-state index contributed by atoms with van der Waals surface area (Å²) >= 11 is 0. The molecule has 1 atom stereocenters. The van der Waals surface area contributed by atoms with Crippen LogP contribution in [0.1, 0.15) is 44.6 Å². The molecule has 1 saturated carbocycles. The van der Waals surface area contributed by atoms with E-state index in [9.17, 15) is 4.79 Å². The lowest BCUT2D eigenvalue weighted by Crippen LogP contribution is -2.36. The number of hydrogen-bond donors (Lipinski definition) is 2. The van der Waals surface area contributed by atoms with Gasteiger partial charge in [0.15, 0.2) is 0 Å². The number of amides is 1. The molecule has 1 aliphatic carbocycles. The van der Waals surface area contributed by atoms with E-state index < -0.39 is 0 Å². The summed E-state index contributed by atoms with van der Waals surface area (Å²) in [6.07, 6.45) is 5.23. The van der Waals surface area contributed by atoms with E-state index in [0.29, 0.717) is 18.6 Å². The van der Waals surface area contributed by atoms with Crippen molar-refractivity contribution >= 4 is 6.09 Å². The van der Waals surface area contributed by atoms with Gasteiger partial charge in [-0.3, -0.25) is 0 Å².